The summed E-state index contributed by atoms with van der Waals surface area (Å²) < 4.78 is 27.4. The standard InChI is InChI=1S/C38H48BrN3O6/c1-26-21-32-40-31(29-13-10-14-30(39)22-29)23-42(32)35(33(26)34(36(43)44)48-37(3,4)5)41-17-15-38(6,16-18-41)47-20-19-45-24-27(2)46-25-28-11-8-7-9-12-28/h7-14,21-23,27,34H,15-20,24-25H2,1-6H3,(H,43,44). The lowest BCUT2D eigenvalue weighted by Crippen LogP contribution is -2.46. The van der Waals surface area contributed by atoms with E-state index in [2.05, 4.69) is 39.9 Å². The van der Waals surface area contributed by atoms with Crippen molar-refractivity contribution < 1.29 is 28.8 Å². The van der Waals surface area contributed by atoms with Crippen LogP contribution in [0, 0.1) is 6.92 Å². The highest BCUT2D eigenvalue weighted by Crippen LogP contribution is 2.39. The molecule has 0 amide bonds. The summed E-state index contributed by atoms with van der Waals surface area (Å²) in [5.74, 6) is -0.226. The molecule has 9 nitrogen and oxygen atoms in total. The number of carbonyl (C=O) groups is 1. The molecule has 2 aromatic carbocycles. The van der Waals surface area contributed by atoms with Gasteiger partial charge in [-0.2, -0.15) is 0 Å². The molecule has 0 saturated carbocycles. The van der Waals surface area contributed by atoms with Crippen LogP contribution >= 0.6 is 15.9 Å². The number of hydrogen-bond acceptors (Lipinski definition) is 7. The molecule has 4 aromatic rings. The summed E-state index contributed by atoms with van der Waals surface area (Å²) in [5, 5.41) is 10.5. The van der Waals surface area contributed by atoms with Gasteiger partial charge in [-0.1, -0.05) is 58.4 Å². The zero-order valence-corrected chi connectivity index (χ0v) is 30.5. The Morgan fingerprint density at radius 3 is 2.46 bits per heavy atom. The number of aromatic nitrogens is 2. The van der Waals surface area contributed by atoms with Gasteiger partial charge in [0.2, 0.25) is 0 Å². The van der Waals surface area contributed by atoms with Crippen LogP contribution in [0.1, 0.15) is 70.3 Å². The molecule has 0 aliphatic carbocycles. The lowest BCUT2D eigenvalue weighted by atomic mass is 9.92. The van der Waals surface area contributed by atoms with Crippen molar-refractivity contribution in [3.8, 4) is 11.3 Å². The Morgan fingerprint density at radius 2 is 1.79 bits per heavy atom. The number of halogens is 1. The van der Waals surface area contributed by atoms with Crippen LogP contribution in [0.2, 0.25) is 0 Å². The monoisotopic (exact) mass is 721 g/mol. The van der Waals surface area contributed by atoms with Crippen molar-refractivity contribution in [2.75, 3.05) is 37.8 Å². The number of aryl methyl sites for hydroxylation is 1. The minimum absolute atomic E-state index is 0.0200. The number of hydrogen-bond donors (Lipinski definition) is 1. The van der Waals surface area contributed by atoms with Gasteiger partial charge >= 0.3 is 5.97 Å². The number of piperidine rings is 1. The summed E-state index contributed by atoms with van der Waals surface area (Å²) in [7, 11) is 0. The van der Waals surface area contributed by atoms with Gasteiger partial charge in [-0.15, -0.1) is 0 Å². The van der Waals surface area contributed by atoms with Gasteiger partial charge in [-0.3, -0.25) is 4.40 Å². The number of ether oxygens (including phenoxy) is 4. The first-order valence-electron chi connectivity index (χ1n) is 16.6. The molecule has 1 aliphatic heterocycles. The quantitative estimate of drug-likeness (QED) is 0.131. The first kappa shape index (κ1) is 36.0. The smallest absolute Gasteiger partial charge is 0.337 e. The number of carboxylic acids is 1. The molecule has 1 saturated heterocycles. The maximum absolute atomic E-state index is 12.8. The molecule has 48 heavy (non-hydrogen) atoms. The molecule has 2 aromatic heterocycles. The van der Waals surface area contributed by atoms with Gasteiger partial charge in [0, 0.05) is 34.9 Å². The largest absolute Gasteiger partial charge is 0.479 e. The third kappa shape index (κ3) is 9.24. The molecular formula is C38H48BrN3O6. The second-order valence-electron chi connectivity index (χ2n) is 13.8. The summed E-state index contributed by atoms with van der Waals surface area (Å²) >= 11 is 3.57. The first-order chi connectivity index (χ1) is 22.8. The Hall–Kier alpha value is -3.28. The van der Waals surface area contributed by atoms with E-state index in [1.165, 1.54) is 0 Å². The summed E-state index contributed by atoms with van der Waals surface area (Å²) in [5.41, 5.74) is 4.14. The van der Waals surface area contributed by atoms with Crippen molar-refractivity contribution >= 4 is 33.4 Å². The second kappa shape index (κ2) is 15.5. The Morgan fingerprint density at radius 1 is 1.06 bits per heavy atom. The highest BCUT2D eigenvalue weighted by Gasteiger charge is 2.37. The molecule has 10 heteroatoms. The van der Waals surface area contributed by atoms with Crippen LogP contribution in [0.25, 0.3) is 16.9 Å². The third-order valence-corrected chi connectivity index (χ3v) is 9.07. The zero-order chi connectivity index (χ0) is 34.5. The van der Waals surface area contributed by atoms with Crippen molar-refractivity contribution in [3.05, 3.63) is 88.0 Å². The number of aliphatic carboxylic acids is 1. The Labute approximate surface area is 292 Å². The number of carboxylic acid groups (broad SMARTS) is 1. The summed E-state index contributed by atoms with van der Waals surface area (Å²) in [6.45, 7) is 15.1. The second-order valence-corrected chi connectivity index (χ2v) is 14.8. The molecule has 0 bridgehead atoms. The predicted molar refractivity (Wildman–Crippen MR) is 192 cm³/mol. The van der Waals surface area contributed by atoms with Gasteiger partial charge in [0.1, 0.15) is 11.5 Å². The molecule has 5 rings (SSSR count). The molecule has 258 valence electrons. The molecule has 0 spiro atoms. The molecular weight excluding hydrogens is 674 g/mol. The maximum atomic E-state index is 12.8. The van der Waals surface area contributed by atoms with Crippen molar-refractivity contribution in [1.82, 2.24) is 9.38 Å². The van der Waals surface area contributed by atoms with E-state index in [9.17, 15) is 9.90 Å². The van der Waals surface area contributed by atoms with Crippen molar-refractivity contribution in [2.24, 2.45) is 0 Å². The number of fused-ring (bicyclic) bond motifs is 1. The number of rotatable bonds is 14. The molecule has 2 atom stereocenters. The molecule has 1 aliphatic rings. The van der Waals surface area contributed by atoms with Crippen LogP contribution in [0.3, 0.4) is 0 Å². The number of nitrogens with zero attached hydrogens (tertiary/aromatic N) is 3. The van der Waals surface area contributed by atoms with Gasteiger partial charge in [0.15, 0.2) is 6.10 Å². The molecule has 0 radical (unpaired) electrons. The fourth-order valence-corrected chi connectivity index (χ4v) is 6.46. The van der Waals surface area contributed by atoms with Crippen molar-refractivity contribution in [2.45, 2.75) is 84.4 Å². The average Bonchev–Trinajstić information content (AvgIpc) is 3.46. The van der Waals surface area contributed by atoms with Crippen molar-refractivity contribution in [3.63, 3.8) is 0 Å². The summed E-state index contributed by atoms with van der Waals surface area (Å²) in [4.78, 5) is 20.0. The minimum atomic E-state index is -1.15. The zero-order valence-electron chi connectivity index (χ0n) is 28.9. The van der Waals surface area contributed by atoms with Crippen LogP contribution in [0.4, 0.5) is 5.82 Å². The molecule has 1 N–H and O–H groups in total. The fourth-order valence-electron chi connectivity index (χ4n) is 6.06. The highest BCUT2D eigenvalue weighted by molar-refractivity contribution is 9.10. The number of anilines is 1. The Kier molecular flexibility index (Phi) is 11.6. The first-order valence-corrected chi connectivity index (χ1v) is 17.4. The van der Waals surface area contributed by atoms with E-state index in [0.717, 1.165) is 51.2 Å². The van der Waals surface area contributed by atoms with Gasteiger partial charge in [-0.05, 0) is 83.7 Å². The van der Waals surface area contributed by atoms with E-state index in [-0.39, 0.29) is 11.7 Å². The fraction of sp³-hybridized carbons (Fsp3) is 0.474. The van der Waals surface area contributed by atoms with E-state index in [0.29, 0.717) is 45.1 Å². The van der Waals surface area contributed by atoms with Gasteiger partial charge in [-0.25, -0.2) is 9.78 Å². The normalized spacial score (nSPS) is 16.3. The minimum Gasteiger partial charge on any atom is -0.479 e. The molecule has 1 fully saturated rings. The maximum Gasteiger partial charge on any atom is 0.337 e. The van der Waals surface area contributed by atoms with Gasteiger partial charge in [0.25, 0.3) is 0 Å². The molecule has 3 heterocycles. The van der Waals surface area contributed by atoms with Gasteiger partial charge < -0.3 is 29.0 Å². The predicted octanol–water partition coefficient (Wildman–Crippen LogP) is 8.01. The molecule has 2 unspecified atom stereocenters. The van der Waals surface area contributed by atoms with Crippen LogP contribution in [0.5, 0.6) is 0 Å². The highest BCUT2D eigenvalue weighted by atomic mass is 79.9. The number of imidazole rings is 1. The average molecular weight is 723 g/mol. The van der Waals surface area contributed by atoms with E-state index in [1.807, 2.05) is 93.7 Å². The summed E-state index contributed by atoms with van der Waals surface area (Å²) in [6, 6.07) is 20.1. The van der Waals surface area contributed by atoms with Crippen LogP contribution in [0.15, 0.2) is 71.3 Å². The number of benzene rings is 2. The Balaban J connectivity index is 1.30. The topological polar surface area (TPSA) is 94.8 Å². The third-order valence-electron chi connectivity index (χ3n) is 8.58. The summed E-state index contributed by atoms with van der Waals surface area (Å²) in [6.07, 6.45) is 2.36. The van der Waals surface area contributed by atoms with E-state index < -0.39 is 17.7 Å². The number of pyridine rings is 1. The lowest BCUT2D eigenvalue weighted by Gasteiger charge is -2.41. The van der Waals surface area contributed by atoms with Crippen LogP contribution in [-0.4, -0.2) is 70.7 Å². The van der Waals surface area contributed by atoms with E-state index in [1.54, 1.807) is 0 Å². The van der Waals surface area contributed by atoms with Gasteiger partial charge in [0.05, 0.1) is 49.4 Å². The Bertz CT molecular complexity index is 1680. The SMILES string of the molecule is Cc1cc2nc(-c3cccc(Br)c3)cn2c(N2CCC(C)(OCCOCC(C)OCc3ccccc3)CC2)c1C(OC(C)(C)C)C(=O)O. The van der Waals surface area contributed by atoms with E-state index in [4.69, 9.17) is 23.9 Å². The van der Waals surface area contributed by atoms with Crippen LogP contribution in [-0.2, 0) is 30.3 Å². The van der Waals surface area contributed by atoms with E-state index >= 15 is 0 Å². The van der Waals surface area contributed by atoms with Crippen LogP contribution < -0.4 is 4.90 Å². The lowest BCUT2D eigenvalue weighted by molar-refractivity contribution is -0.160. The van der Waals surface area contributed by atoms with Crippen molar-refractivity contribution in [1.29, 1.82) is 0 Å².